The molecular weight excluding hydrogens is 406 g/mol. The quantitative estimate of drug-likeness (QED) is 0.541. The smallest absolute Gasteiger partial charge is 0.338 e. The first-order chi connectivity index (χ1) is 14.7. The summed E-state index contributed by atoms with van der Waals surface area (Å²) in [6.07, 6.45) is 0. The van der Waals surface area contributed by atoms with Gasteiger partial charge in [-0.1, -0.05) is 6.07 Å². The van der Waals surface area contributed by atoms with Crippen molar-refractivity contribution >= 4 is 29.5 Å². The summed E-state index contributed by atoms with van der Waals surface area (Å²) in [5, 5.41) is 4.60. The molecule has 2 aromatic rings. The SMILES string of the molecule is COc1cc(C(=O)OCC(=O)NC(=O)Nc2ccc(C)c(C)c2)ccc1OCC(N)=O. The maximum absolute atomic E-state index is 12.2. The van der Waals surface area contributed by atoms with Crippen LogP contribution in [0.15, 0.2) is 36.4 Å². The van der Waals surface area contributed by atoms with Gasteiger partial charge in [0.1, 0.15) is 0 Å². The van der Waals surface area contributed by atoms with E-state index in [1.54, 1.807) is 12.1 Å². The van der Waals surface area contributed by atoms with E-state index in [4.69, 9.17) is 19.9 Å². The summed E-state index contributed by atoms with van der Waals surface area (Å²) in [4.78, 5) is 46.8. The number of imide groups is 1. The number of esters is 1. The van der Waals surface area contributed by atoms with Crippen molar-refractivity contribution in [2.24, 2.45) is 5.73 Å². The Morgan fingerprint density at radius 3 is 2.32 bits per heavy atom. The molecule has 0 bridgehead atoms. The summed E-state index contributed by atoms with van der Waals surface area (Å²) < 4.78 is 15.2. The Bertz CT molecular complexity index is 1000. The first-order valence-corrected chi connectivity index (χ1v) is 9.14. The minimum absolute atomic E-state index is 0.0793. The number of aryl methyl sites for hydroxylation is 2. The van der Waals surface area contributed by atoms with E-state index in [2.05, 4.69) is 10.6 Å². The summed E-state index contributed by atoms with van der Waals surface area (Å²) in [7, 11) is 1.35. The number of nitrogens with two attached hydrogens (primary N) is 1. The van der Waals surface area contributed by atoms with Crippen molar-refractivity contribution in [2.75, 3.05) is 25.6 Å². The summed E-state index contributed by atoms with van der Waals surface area (Å²) in [5.74, 6) is -1.91. The zero-order chi connectivity index (χ0) is 23.0. The number of urea groups is 1. The maximum atomic E-state index is 12.2. The molecule has 0 aliphatic heterocycles. The van der Waals surface area contributed by atoms with Crippen LogP contribution in [0.5, 0.6) is 11.5 Å². The number of nitrogens with one attached hydrogen (secondary N) is 2. The van der Waals surface area contributed by atoms with Crippen molar-refractivity contribution in [2.45, 2.75) is 13.8 Å². The van der Waals surface area contributed by atoms with Crippen LogP contribution in [0.4, 0.5) is 10.5 Å². The van der Waals surface area contributed by atoms with Crippen LogP contribution in [-0.2, 0) is 14.3 Å². The highest BCUT2D eigenvalue weighted by atomic mass is 16.5. The normalized spacial score (nSPS) is 10.0. The van der Waals surface area contributed by atoms with Crippen LogP contribution in [0.3, 0.4) is 0 Å². The van der Waals surface area contributed by atoms with E-state index in [1.807, 2.05) is 19.9 Å². The van der Waals surface area contributed by atoms with Gasteiger partial charge in [0.2, 0.25) is 0 Å². The standard InChI is InChI=1S/C21H23N3O7/c1-12-4-6-15(8-13(12)2)23-21(28)24-19(26)11-31-20(27)14-5-7-16(17(9-14)29-3)30-10-18(22)25/h4-9H,10-11H2,1-3H3,(H2,22,25)(H2,23,24,26,28). The van der Waals surface area contributed by atoms with Crippen LogP contribution in [0.2, 0.25) is 0 Å². The highest BCUT2D eigenvalue weighted by Crippen LogP contribution is 2.28. The minimum Gasteiger partial charge on any atom is -0.493 e. The minimum atomic E-state index is -0.815. The number of carbonyl (C=O) groups is 4. The molecule has 4 N–H and O–H groups in total. The molecule has 0 radical (unpaired) electrons. The molecule has 2 aromatic carbocycles. The molecule has 0 spiro atoms. The van der Waals surface area contributed by atoms with Gasteiger partial charge in [-0.25, -0.2) is 9.59 Å². The summed E-state index contributed by atoms with van der Waals surface area (Å²) in [5.41, 5.74) is 7.68. The molecular formula is C21H23N3O7. The van der Waals surface area contributed by atoms with Gasteiger partial charge in [0.05, 0.1) is 12.7 Å². The Balaban J connectivity index is 1.88. The molecule has 10 heteroatoms. The summed E-state index contributed by atoms with van der Waals surface area (Å²) >= 11 is 0. The molecule has 0 aliphatic rings. The van der Waals surface area contributed by atoms with Gasteiger partial charge in [0.25, 0.3) is 11.8 Å². The molecule has 0 saturated heterocycles. The lowest BCUT2D eigenvalue weighted by molar-refractivity contribution is -0.123. The van der Waals surface area contributed by atoms with Crippen LogP contribution in [0, 0.1) is 13.8 Å². The van der Waals surface area contributed by atoms with E-state index in [9.17, 15) is 19.2 Å². The fourth-order valence-electron chi connectivity index (χ4n) is 2.42. The average molecular weight is 429 g/mol. The molecule has 0 aliphatic carbocycles. The Morgan fingerprint density at radius 1 is 0.935 bits per heavy atom. The number of ether oxygens (including phenoxy) is 3. The van der Waals surface area contributed by atoms with Crippen LogP contribution < -0.4 is 25.8 Å². The lowest BCUT2D eigenvalue weighted by Gasteiger charge is -2.11. The molecule has 2 rings (SSSR count). The predicted molar refractivity (Wildman–Crippen MR) is 111 cm³/mol. The first kappa shape index (κ1) is 23.2. The Hall–Kier alpha value is -4.08. The Labute approximate surface area is 178 Å². The van der Waals surface area contributed by atoms with E-state index in [0.29, 0.717) is 5.69 Å². The van der Waals surface area contributed by atoms with Gasteiger partial charge >= 0.3 is 12.0 Å². The van der Waals surface area contributed by atoms with Crippen molar-refractivity contribution in [1.82, 2.24) is 5.32 Å². The lowest BCUT2D eigenvalue weighted by atomic mass is 10.1. The third-order valence-electron chi connectivity index (χ3n) is 4.12. The third kappa shape index (κ3) is 7.03. The molecule has 10 nitrogen and oxygen atoms in total. The molecule has 4 amide bonds. The van der Waals surface area contributed by atoms with Gasteiger partial charge < -0.3 is 25.3 Å². The predicted octanol–water partition coefficient (Wildman–Crippen LogP) is 1.68. The van der Waals surface area contributed by atoms with Gasteiger partial charge in [-0.05, 0) is 55.3 Å². The molecule has 0 fully saturated rings. The topological polar surface area (TPSA) is 146 Å². The van der Waals surface area contributed by atoms with Gasteiger partial charge in [-0.2, -0.15) is 0 Å². The highest BCUT2D eigenvalue weighted by molar-refractivity contribution is 6.02. The summed E-state index contributed by atoms with van der Waals surface area (Å²) in [6.45, 7) is 2.81. The molecule has 0 saturated carbocycles. The molecule has 164 valence electrons. The van der Waals surface area contributed by atoms with E-state index in [0.717, 1.165) is 11.1 Å². The van der Waals surface area contributed by atoms with Crippen molar-refractivity contribution in [1.29, 1.82) is 0 Å². The monoisotopic (exact) mass is 429 g/mol. The number of anilines is 1. The number of rotatable bonds is 8. The molecule has 0 aromatic heterocycles. The second kappa shape index (κ2) is 10.6. The van der Waals surface area contributed by atoms with Crippen molar-refractivity contribution in [3.63, 3.8) is 0 Å². The zero-order valence-corrected chi connectivity index (χ0v) is 17.3. The van der Waals surface area contributed by atoms with E-state index in [1.165, 1.54) is 25.3 Å². The third-order valence-corrected chi connectivity index (χ3v) is 4.12. The van der Waals surface area contributed by atoms with Crippen LogP contribution >= 0.6 is 0 Å². The number of hydrogen-bond donors (Lipinski definition) is 3. The lowest BCUT2D eigenvalue weighted by Crippen LogP contribution is -2.37. The molecule has 0 atom stereocenters. The van der Waals surface area contributed by atoms with Gasteiger partial charge in [0.15, 0.2) is 24.7 Å². The number of primary amides is 1. The molecule has 31 heavy (non-hydrogen) atoms. The number of carbonyl (C=O) groups excluding carboxylic acids is 4. The van der Waals surface area contributed by atoms with Crippen molar-refractivity contribution in [3.8, 4) is 11.5 Å². The Morgan fingerprint density at radius 2 is 1.68 bits per heavy atom. The maximum Gasteiger partial charge on any atom is 0.338 e. The van der Waals surface area contributed by atoms with Crippen LogP contribution in [0.1, 0.15) is 21.5 Å². The average Bonchev–Trinajstić information content (AvgIpc) is 2.72. The second-order valence-electron chi connectivity index (χ2n) is 6.50. The second-order valence-corrected chi connectivity index (χ2v) is 6.50. The van der Waals surface area contributed by atoms with Crippen LogP contribution in [0.25, 0.3) is 0 Å². The number of benzene rings is 2. The fraction of sp³-hybridized carbons (Fsp3) is 0.238. The molecule has 0 unspecified atom stereocenters. The highest BCUT2D eigenvalue weighted by Gasteiger charge is 2.16. The van der Waals surface area contributed by atoms with E-state index < -0.39 is 30.4 Å². The van der Waals surface area contributed by atoms with Gasteiger partial charge in [0, 0.05) is 5.69 Å². The van der Waals surface area contributed by atoms with Crippen molar-refractivity contribution in [3.05, 3.63) is 53.1 Å². The number of hydrogen-bond acceptors (Lipinski definition) is 7. The molecule has 0 heterocycles. The number of amides is 4. The van der Waals surface area contributed by atoms with Gasteiger partial charge in [-0.15, -0.1) is 0 Å². The zero-order valence-electron chi connectivity index (χ0n) is 17.3. The largest absolute Gasteiger partial charge is 0.493 e. The fourth-order valence-corrected chi connectivity index (χ4v) is 2.42. The Kier molecular flexibility index (Phi) is 7.95. The number of methoxy groups -OCH3 is 1. The van der Waals surface area contributed by atoms with E-state index >= 15 is 0 Å². The van der Waals surface area contributed by atoms with Gasteiger partial charge in [-0.3, -0.25) is 14.9 Å². The first-order valence-electron chi connectivity index (χ1n) is 9.14. The summed E-state index contributed by atoms with van der Waals surface area (Å²) in [6, 6.07) is 8.65. The van der Waals surface area contributed by atoms with Crippen molar-refractivity contribution < 1.29 is 33.4 Å². The van der Waals surface area contributed by atoms with Crippen LogP contribution in [-0.4, -0.2) is 44.1 Å². The van der Waals surface area contributed by atoms with E-state index in [-0.39, 0.29) is 23.7 Å².